The minimum absolute atomic E-state index is 0.0122. The topological polar surface area (TPSA) is 100 Å². The molecule has 0 aliphatic heterocycles. The van der Waals surface area contributed by atoms with Gasteiger partial charge in [0.05, 0.1) is 13.3 Å². The van der Waals surface area contributed by atoms with Gasteiger partial charge in [-0.25, -0.2) is 5.43 Å². The van der Waals surface area contributed by atoms with Crippen LogP contribution >= 0.6 is 11.6 Å². The first-order valence-electron chi connectivity index (χ1n) is 8.14. The molecule has 0 bridgehead atoms. The van der Waals surface area contributed by atoms with Crippen molar-refractivity contribution in [1.82, 2.24) is 5.43 Å². The lowest BCUT2D eigenvalue weighted by Crippen LogP contribution is -2.20. The number of phenols is 1. The molecule has 0 fully saturated rings. The van der Waals surface area contributed by atoms with E-state index in [4.69, 9.17) is 16.3 Å². The monoisotopic (exact) mass is 389 g/mol. The number of phenolic OH excluding ortho intramolecular Hbond substituents is 1. The maximum absolute atomic E-state index is 11.9. The molecule has 0 saturated heterocycles. The smallest absolute Gasteiger partial charge is 0.240 e. The zero-order valence-electron chi connectivity index (χ0n) is 15.0. The van der Waals surface area contributed by atoms with Crippen molar-refractivity contribution in [2.24, 2.45) is 5.10 Å². The molecule has 3 N–H and O–H groups in total. The average Bonchev–Trinajstić information content (AvgIpc) is 2.64. The third-order valence-corrected chi connectivity index (χ3v) is 4.05. The van der Waals surface area contributed by atoms with Crippen LogP contribution in [0.4, 0.5) is 5.69 Å². The number of hydrogen-bond donors (Lipinski definition) is 3. The van der Waals surface area contributed by atoms with Crippen molar-refractivity contribution < 1.29 is 19.4 Å². The molecule has 2 aromatic rings. The minimum Gasteiger partial charge on any atom is -0.504 e. The van der Waals surface area contributed by atoms with Gasteiger partial charge in [-0.05, 0) is 48.4 Å². The summed E-state index contributed by atoms with van der Waals surface area (Å²) in [5.41, 5.74) is 4.48. The lowest BCUT2D eigenvalue weighted by atomic mass is 10.2. The van der Waals surface area contributed by atoms with Crippen LogP contribution in [0.15, 0.2) is 41.5 Å². The number of benzene rings is 2. The van der Waals surface area contributed by atoms with E-state index >= 15 is 0 Å². The Morgan fingerprint density at radius 2 is 1.93 bits per heavy atom. The van der Waals surface area contributed by atoms with Crippen LogP contribution in [0.3, 0.4) is 0 Å². The Morgan fingerprint density at radius 1 is 1.19 bits per heavy atom. The van der Waals surface area contributed by atoms with Gasteiger partial charge in [0.15, 0.2) is 11.5 Å². The summed E-state index contributed by atoms with van der Waals surface area (Å²) in [6.07, 6.45) is 1.41. The minimum atomic E-state index is -0.394. The normalized spacial score (nSPS) is 10.6. The van der Waals surface area contributed by atoms with Crippen molar-refractivity contribution in [3.05, 3.63) is 52.5 Å². The highest BCUT2D eigenvalue weighted by atomic mass is 35.5. The summed E-state index contributed by atoms with van der Waals surface area (Å²) in [6, 6.07) is 9.86. The summed E-state index contributed by atoms with van der Waals surface area (Å²) in [6.45, 7) is 1.87. The molecular weight excluding hydrogens is 370 g/mol. The molecule has 0 atom stereocenters. The summed E-state index contributed by atoms with van der Waals surface area (Å²) in [7, 11) is 1.44. The molecular formula is C19H20ClN3O4. The first kappa shape index (κ1) is 20.3. The van der Waals surface area contributed by atoms with Crippen molar-refractivity contribution in [2.75, 3.05) is 12.4 Å². The number of rotatable bonds is 7. The predicted molar refractivity (Wildman–Crippen MR) is 104 cm³/mol. The number of anilines is 1. The van der Waals surface area contributed by atoms with E-state index < -0.39 is 5.91 Å². The standard InChI is InChI=1S/C19H20ClN3O4/c1-12-3-5-14(10-15(12)20)22-18(25)7-8-19(26)23-21-11-13-4-6-16(24)17(9-13)27-2/h3-6,9-11,24H,7-8H2,1-2H3,(H,22,25)(H,23,26)/b21-11+. The second kappa shape index (κ2) is 9.59. The Morgan fingerprint density at radius 3 is 2.63 bits per heavy atom. The fourth-order valence-electron chi connectivity index (χ4n) is 2.13. The molecule has 0 aromatic heterocycles. The fraction of sp³-hybridized carbons (Fsp3) is 0.211. The number of methoxy groups -OCH3 is 1. The van der Waals surface area contributed by atoms with Crippen molar-refractivity contribution in [3.8, 4) is 11.5 Å². The summed E-state index contributed by atoms with van der Waals surface area (Å²) in [5, 5.41) is 16.6. The van der Waals surface area contributed by atoms with Gasteiger partial charge >= 0.3 is 0 Å². The number of amides is 2. The maximum Gasteiger partial charge on any atom is 0.240 e. The van der Waals surface area contributed by atoms with Crippen LogP contribution in [0.2, 0.25) is 5.02 Å². The van der Waals surface area contributed by atoms with Gasteiger partial charge in [-0.1, -0.05) is 17.7 Å². The first-order chi connectivity index (χ1) is 12.9. The zero-order valence-corrected chi connectivity index (χ0v) is 15.7. The van der Waals surface area contributed by atoms with Gasteiger partial charge in [0.1, 0.15) is 0 Å². The molecule has 0 aliphatic rings. The molecule has 2 aromatic carbocycles. The van der Waals surface area contributed by atoms with E-state index in [9.17, 15) is 14.7 Å². The SMILES string of the molecule is COc1cc(/C=N/NC(=O)CCC(=O)Nc2ccc(C)c(Cl)c2)ccc1O. The van der Waals surface area contributed by atoms with Gasteiger partial charge in [0.25, 0.3) is 0 Å². The number of nitrogens with one attached hydrogen (secondary N) is 2. The Kier molecular flexibility index (Phi) is 7.19. The summed E-state index contributed by atoms with van der Waals surface area (Å²) >= 11 is 6.01. The zero-order chi connectivity index (χ0) is 19.8. The lowest BCUT2D eigenvalue weighted by Gasteiger charge is -2.06. The first-order valence-corrected chi connectivity index (χ1v) is 8.51. The van der Waals surface area contributed by atoms with Crippen LogP contribution in [0.25, 0.3) is 0 Å². The summed E-state index contributed by atoms with van der Waals surface area (Å²) in [4.78, 5) is 23.7. The van der Waals surface area contributed by atoms with Crippen LogP contribution in [0.1, 0.15) is 24.0 Å². The summed E-state index contributed by atoms with van der Waals surface area (Å²) in [5.74, 6) is -0.371. The molecule has 2 rings (SSSR count). The lowest BCUT2D eigenvalue weighted by molar-refractivity contribution is -0.124. The molecule has 7 nitrogen and oxygen atoms in total. The van der Waals surface area contributed by atoms with E-state index in [1.807, 2.05) is 6.92 Å². The summed E-state index contributed by atoms with van der Waals surface area (Å²) < 4.78 is 4.99. The van der Waals surface area contributed by atoms with E-state index in [0.29, 0.717) is 22.0 Å². The highest BCUT2D eigenvalue weighted by Gasteiger charge is 2.08. The molecule has 0 saturated carbocycles. The van der Waals surface area contributed by atoms with E-state index in [-0.39, 0.29) is 24.5 Å². The molecule has 0 spiro atoms. The van der Waals surface area contributed by atoms with Crippen LogP contribution in [0.5, 0.6) is 11.5 Å². The highest BCUT2D eigenvalue weighted by molar-refractivity contribution is 6.31. The average molecular weight is 390 g/mol. The second-order valence-electron chi connectivity index (χ2n) is 5.74. The number of carbonyl (C=O) groups is 2. The Hall–Kier alpha value is -3.06. The van der Waals surface area contributed by atoms with E-state index in [0.717, 1.165) is 5.56 Å². The third kappa shape index (κ3) is 6.31. The number of hydrazone groups is 1. The van der Waals surface area contributed by atoms with Gasteiger partial charge in [-0.2, -0.15) is 5.10 Å². The second-order valence-corrected chi connectivity index (χ2v) is 6.14. The number of halogens is 1. The molecule has 2 amide bonds. The number of hydrogen-bond acceptors (Lipinski definition) is 5. The molecule has 142 valence electrons. The number of aryl methyl sites for hydroxylation is 1. The molecule has 27 heavy (non-hydrogen) atoms. The van der Waals surface area contributed by atoms with E-state index in [1.54, 1.807) is 30.3 Å². The van der Waals surface area contributed by atoms with Gasteiger partial charge in [-0.15, -0.1) is 0 Å². The Bertz CT molecular complexity index is 868. The molecule has 8 heteroatoms. The molecule has 0 radical (unpaired) electrons. The number of ether oxygens (including phenoxy) is 1. The van der Waals surface area contributed by atoms with Gasteiger partial charge in [0, 0.05) is 23.6 Å². The quantitative estimate of drug-likeness (QED) is 0.500. The third-order valence-electron chi connectivity index (χ3n) is 3.64. The Balaban J connectivity index is 1.78. The number of carbonyl (C=O) groups excluding carboxylic acids is 2. The van der Waals surface area contributed by atoms with Gasteiger partial charge in [0.2, 0.25) is 11.8 Å². The van der Waals surface area contributed by atoms with Gasteiger partial charge in [-0.3, -0.25) is 9.59 Å². The van der Waals surface area contributed by atoms with Crippen molar-refractivity contribution >= 4 is 35.3 Å². The van der Waals surface area contributed by atoms with E-state index in [1.165, 1.54) is 19.4 Å². The largest absolute Gasteiger partial charge is 0.504 e. The molecule has 0 unspecified atom stereocenters. The van der Waals surface area contributed by atoms with Crippen LogP contribution in [0, 0.1) is 6.92 Å². The maximum atomic E-state index is 11.9. The molecule has 0 heterocycles. The Labute approximate surface area is 162 Å². The van der Waals surface area contributed by atoms with Crippen LogP contribution in [-0.2, 0) is 9.59 Å². The van der Waals surface area contributed by atoms with Crippen molar-refractivity contribution in [2.45, 2.75) is 19.8 Å². The van der Waals surface area contributed by atoms with Crippen molar-refractivity contribution in [1.29, 1.82) is 0 Å². The van der Waals surface area contributed by atoms with Crippen LogP contribution in [-0.4, -0.2) is 30.2 Å². The van der Waals surface area contributed by atoms with Crippen molar-refractivity contribution in [3.63, 3.8) is 0 Å². The molecule has 0 aliphatic carbocycles. The van der Waals surface area contributed by atoms with E-state index in [2.05, 4.69) is 15.8 Å². The fourth-order valence-corrected chi connectivity index (χ4v) is 2.31. The number of aromatic hydroxyl groups is 1. The van der Waals surface area contributed by atoms with Crippen LogP contribution < -0.4 is 15.5 Å². The van der Waals surface area contributed by atoms with Gasteiger partial charge < -0.3 is 15.2 Å². The number of nitrogens with zero attached hydrogens (tertiary/aromatic N) is 1. The highest BCUT2D eigenvalue weighted by Crippen LogP contribution is 2.25. The predicted octanol–water partition coefficient (Wildman–Crippen LogP) is 3.23.